The maximum Gasteiger partial charge on any atom is 0.244 e. The Morgan fingerprint density at radius 2 is 2.04 bits per heavy atom. The van der Waals surface area contributed by atoms with Gasteiger partial charge >= 0.3 is 0 Å². The number of carbonyl (C=O) groups excluding carboxylic acids is 1. The third kappa shape index (κ3) is 4.85. The van der Waals surface area contributed by atoms with Crippen molar-refractivity contribution in [1.82, 2.24) is 25.5 Å². The first-order valence-corrected chi connectivity index (χ1v) is 7.76. The Kier molecular flexibility index (Phi) is 5.44. The molecule has 1 unspecified atom stereocenters. The smallest absolute Gasteiger partial charge is 0.244 e. The maximum absolute atomic E-state index is 12.2. The van der Waals surface area contributed by atoms with Crippen LogP contribution in [0.15, 0.2) is 30.3 Å². The van der Waals surface area contributed by atoms with E-state index in [-0.39, 0.29) is 12.5 Å². The molecule has 124 valence electrons. The first-order valence-electron chi connectivity index (χ1n) is 7.76. The standard InChI is InChI=1S/C16H24N6O/c1-12(2)9-16(3,11-17)18-14(23)10-22-20-15(19-21-22)13-7-5-4-6-8-13/h4-8,12H,9-11,17H2,1-3H3,(H,18,23). The number of hydrogen-bond acceptors (Lipinski definition) is 5. The van der Waals surface area contributed by atoms with E-state index in [1.54, 1.807) is 0 Å². The van der Waals surface area contributed by atoms with Crippen LogP contribution in [0.4, 0.5) is 0 Å². The lowest BCUT2D eigenvalue weighted by molar-refractivity contribution is -0.124. The van der Waals surface area contributed by atoms with Crippen molar-refractivity contribution in [2.45, 2.75) is 39.3 Å². The molecular formula is C16H24N6O. The van der Waals surface area contributed by atoms with E-state index in [4.69, 9.17) is 5.73 Å². The summed E-state index contributed by atoms with van der Waals surface area (Å²) in [5.41, 5.74) is 6.26. The van der Waals surface area contributed by atoms with Crippen molar-refractivity contribution in [2.75, 3.05) is 6.54 Å². The van der Waals surface area contributed by atoms with E-state index in [0.717, 1.165) is 12.0 Å². The number of hydrogen-bond donors (Lipinski definition) is 2. The summed E-state index contributed by atoms with van der Waals surface area (Å²) in [6.07, 6.45) is 0.815. The normalized spacial score (nSPS) is 13.8. The van der Waals surface area contributed by atoms with E-state index in [1.165, 1.54) is 4.80 Å². The van der Waals surface area contributed by atoms with Crippen molar-refractivity contribution in [3.05, 3.63) is 30.3 Å². The van der Waals surface area contributed by atoms with Crippen LogP contribution in [0.5, 0.6) is 0 Å². The van der Waals surface area contributed by atoms with Crippen molar-refractivity contribution < 1.29 is 4.79 Å². The first-order chi connectivity index (χ1) is 10.9. The number of aromatic nitrogens is 4. The minimum atomic E-state index is -0.423. The average Bonchev–Trinajstić information content (AvgIpc) is 2.95. The van der Waals surface area contributed by atoms with Gasteiger partial charge in [0.2, 0.25) is 11.7 Å². The number of nitrogens with zero attached hydrogens (tertiary/aromatic N) is 4. The second-order valence-corrected chi connectivity index (χ2v) is 6.42. The van der Waals surface area contributed by atoms with E-state index in [2.05, 4.69) is 34.6 Å². The summed E-state index contributed by atoms with van der Waals surface area (Å²) in [4.78, 5) is 13.5. The van der Waals surface area contributed by atoms with E-state index in [0.29, 0.717) is 18.3 Å². The second-order valence-electron chi connectivity index (χ2n) is 6.42. The molecule has 2 aromatic rings. The number of carbonyl (C=O) groups is 1. The topological polar surface area (TPSA) is 98.7 Å². The van der Waals surface area contributed by atoms with Crippen molar-refractivity contribution >= 4 is 5.91 Å². The van der Waals surface area contributed by atoms with Gasteiger partial charge in [0.05, 0.1) is 0 Å². The minimum Gasteiger partial charge on any atom is -0.348 e. The van der Waals surface area contributed by atoms with Crippen molar-refractivity contribution in [2.24, 2.45) is 11.7 Å². The minimum absolute atomic E-state index is 0.0213. The van der Waals surface area contributed by atoms with Crippen LogP contribution in [0.1, 0.15) is 27.2 Å². The van der Waals surface area contributed by atoms with Crippen LogP contribution in [0.3, 0.4) is 0 Å². The number of rotatable bonds is 7. The zero-order valence-electron chi connectivity index (χ0n) is 13.9. The fraction of sp³-hybridized carbons (Fsp3) is 0.500. The summed E-state index contributed by atoms with van der Waals surface area (Å²) in [7, 11) is 0. The molecule has 0 saturated carbocycles. The van der Waals surface area contributed by atoms with Gasteiger partial charge in [-0.2, -0.15) is 4.80 Å². The van der Waals surface area contributed by atoms with Gasteiger partial charge in [-0.1, -0.05) is 44.2 Å². The molecule has 1 atom stereocenters. The Balaban J connectivity index is 1.99. The quantitative estimate of drug-likeness (QED) is 0.800. The van der Waals surface area contributed by atoms with Crippen LogP contribution in [-0.2, 0) is 11.3 Å². The van der Waals surface area contributed by atoms with Gasteiger partial charge in [-0.25, -0.2) is 0 Å². The molecular weight excluding hydrogens is 292 g/mol. The lowest BCUT2D eigenvalue weighted by atomic mass is 9.91. The van der Waals surface area contributed by atoms with Crippen molar-refractivity contribution in [3.8, 4) is 11.4 Å². The summed E-state index contributed by atoms with van der Waals surface area (Å²) in [5.74, 6) is 0.774. The predicted molar refractivity (Wildman–Crippen MR) is 88.3 cm³/mol. The van der Waals surface area contributed by atoms with Crippen LogP contribution in [-0.4, -0.2) is 38.2 Å². The highest BCUT2D eigenvalue weighted by Crippen LogP contribution is 2.15. The molecule has 0 aliphatic rings. The van der Waals surface area contributed by atoms with Crippen molar-refractivity contribution in [3.63, 3.8) is 0 Å². The predicted octanol–water partition coefficient (Wildman–Crippen LogP) is 1.22. The number of amides is 1. The molecule has 0 saturated heterocycles. The molecule has 0 bridgehead atoms. The van der Waals surface area contributed by atoms with Gasteiger partial charge in [0.15, 0.2) is 0 Å². The largest absolute Gasteiger partial charge is 0.348 e. The summed E-state index contributed by atoms with van der Waals surface area (Å²) >= 11 is 0. The number of nitrogens with two attached hydrogens (primary N) is 1. The fourth-order valence-electron chi connectivity index (χ4n) is 2.60. The van der Waals surface area contributed by atoms with Gasteiger partial charge < -0.3 is 11.1 Å². The zero-order chi connectivity index (χ0) is 16.9. The van der Waals surface area contributed by atoms with E-state index in [9.17, 15) is 4.79 Å². The van der Waals surface area contributed by atoms with Gasteiger partial charge in [0.1, 0.15) is 6.54 Å². The molecule has 1 heterocycles. The Morgan fingerprint density at radius 3 is 2.65 bits per heavy atom. The molecule has 1 aromatic heterocycles. The molecule has 7 heteroatoms. The highest BCUT2D eigenvalue weighted by molar-refractivity contribution is 5.76. The van der Waals surface area contributed by atoms with Crippen LogP contribution in [0, 0.1) is 5.92 Å². The number of nitrogens with one attached hydrogen (secondary N) is 1. The molecule has 0 fully saturated rings. The highest BCUT2D eigenvalue weighted by Gasteiger charge is 2.26. The van der Waals surface area contributed by atoms with E-state index in [1.807, 2.05) is 37.3 Å². The third-order valence-electron chi connectivity index (χ3n) is 3.52. The molecule has 1 aromatic carbocycles. The molecule has 1 amide bonds. The molecule has 0 radical (unpaired) electrons. The van der Waals surface area contributed by atoms with Gasteiger partial charge in [-0.3, -0.25) is 4.79 Å². The number of benzene rings is 1. The lowest BCUT2D eigenvalue weighted by Gasteiger charge is -2.31. The Hall–Kier alpha value is -2.28. The van der Waals surface area contributed by atoms with Crippen LogP contribution < -0.4 is 11.1 Å². The highest BCUT2D eigenvalue weighted by atomic mass is 16.2. The molecule has 7 nitrogen and oxygen atoms in total. The Morgan fingerprint density at radius 1 is 1.35 bits per heavy atom. The molecule has 23 heavy (non-hydrogen) atoms. The lowest BCUT2D eigenvalue weighted by Crippen LogP contribution is -2.53. The molecule has 0 aliphatic carbocycles. The Labute approximate surface area is 136 Å². The zero-order valence-corrected chi connectivity index (χ0v) is 13.9. The summed E-state index contributed by atoms with van der Waals surface area (Å²) in [5, 5.41) is 15.1. The third-order valence-corrected chi connectivity index (χ3v) is 3.52. The molecule has 0 spiro atoms. The maximum atomic E-state index is 12.2. The fourth-order valence-corrected chi connectivity index (χ4v) is 2.60. The van der Waals surface area contributed by atoms with Crippen LogP contribution >= 0.6 is 0 Å². The number of tetrazole rings is 1. The Bertz CT molecular complexity index is 639. The molecule has 2 rings (SSSR count). The van der Waals surface area contributed by atoms with E-state index >= 15 is 0 Å². The summed E-state index contributed by atoms with van der Waals surface area (Å²) < 4.78 is 0. The second kappa shape index (κ2) is 7.32. The molecule has 3 N–H and O–H groups in total. The van der Waals surface area contributed by atoms with Gasteiger partial charge in [-0.05, 0) is 24.5 Å². The van der Waals surface area contributed by atoms with Gasteiger partial charge in [0.25, 0.3) is 0 Å². The summed E-state index contributed by atoms with van der Waals surface area (Å²) in [6.45, 7) is 6.57. The van der Waals surface area contributed by atoms with Gasteiger partial charge in [0, 0.05) is 17.6 Å². The first kappa shape index (κ1) is 17.1. The summed E-state index contributed by atoms with van der Waals surface area (Å²) in [6, 6.07) is 9.53. The van der Waals surface area contributed by atoms with Crippen LogP contribution in [0.2, 0.25) is 0 Å². The van der Waals surface area contributed by atoms with Crippen LogP contribution in [0.25, 0.3) is 11.4 Å². The van der Waals surface area contributed by atoms with Crippen molar-refractivity contribution in [1.29, 1.82) is 0 Å². The van der Waals surface area contributed by atoms with Gasteiger partial charge in [-0.15, -0.1) is 10.2 Å². The SMILES string of the molecule is CC(C)CC(C)(CN)NC(=O)Cn1nnc(-c2ccccc2)n1. The van der Waals surface area contributed by atoms with E-state index < -0.39 is 5.54 Å². The average molecular weight is 316 g/mol. The molecule has 0 aliphatic heterocycles. The monoisotopic (exact) mass is 316 g/mol.